The second kappa shape index (κ2) is 11.0. The normalized spacial score (nSPS) is 20.2. The molecule has 208 valence electrons. The average Bonchev–Trinajstić information content (AvgIpc) is 3.57. The largest absolute Gasteiger partial charge is 0.378 e. The Balaban J connectivity index is 1.28. The Morgan fingerprint density at radius 1 is 1.15 bits per heavy atom. The van der Waals surface area contributed by atoms with E-state index in [1.54, 1.807) is 37.3 Å². The summed E-state index contributed by atoms with van der Waals surface area (Å²) < 4.78 is 36.8. The lowest BCUT2D eigenvalue weighted by atomic mass is 10.00. The summed E-state index contributed by atoms with van der Waals surface area (Å²) in [6, 6.07) is 4.65. The Morgan fingerprint density at radius 3 is 2.67 bits per heavy atom. The molecular formula is C29H36F2N6O2. The Bertz CT molecular complexity index is 1340. The van der Waals surface area contributed by atoms with Gasteiger partial charge in [0.15, 0.2) is 0 Å². The molecular weight excluding hydrogens is 502 g/mol. The molecule has 1 saturated carbocycles. The number of hydrogen-bond acceptors (Lipinski definition) is 6. The van der Waals surface area contributed by atoms with Crippen LogP contribution in [0.2, 0.25) is 0 Å². The lowest BCUT2D eigenvalue weighted by Gasteiger charge is -2.39. The molecule has 10 heteroatoms. The SMILES string of the molecule is COC(C)(C)CN1CCC(Nc2cncc(-c3cnn(-c4cc(C(=O)NC5CC5)c(F)cc4C)c3)c2)[C@H](F)C1. The fourth-order valence-electron chi connectivity index (χ4n) is 4.94. The molecule has 0 radical (unpaired) electrons. The highest BCUT2D eigenvalue weighted by Crippen LogP contribution is 2.27. The van der Waals surface area contributed by atoms with Crippen LogP contribution in [0.25, 0.3) is 16.8 Å². The second-order valence-electron chi connectivity index (χ2n) is 11.3. The van der Waals surface area contributed by atoms with E-state index >= 15 is 4.39 Å². The molecule has 8 nitrogen and oxygen atoms in total. The van der Waals surface area contributed by atoms with Gasteiger partial charge in [-0.3, -0.25) is 14.7 Å². The van der Waals surface area contributed by atoms with E-state index in [-0.39, 0.29) is 23.2 Å². The third kappa shape index (κ3) is 6.45. The van der Waals surface area contributed by atoms with Gasteiger partial charge in [0.1, 0.15) is 12.0 Å². The van der Waals surface area contributed by atoms with Crippen molar-refractivity contribution in [1.29, 1.82) is 0 Å². The minimum atomic E-state index is -1.02. The van der Waals surface area contributed by atoms with Gasteiger partial charge >= 0.3 is 0 Å². The maximum absolute atomic E-state index is 15.1. The monoisotopic (exact) mass is 538 g/mol. The first-order valence-corrected chi connectivity index (χ1v) is 13.4. The molecule has 39 heavy (non-hydrogen) atoms. The molecule has 3 heterocycles. The number of piperidine rings is 1. The van der Waals surface area contributed by atoms with Crippen molar-refractivity contribution >= 4 is 11.6 Å². The van der Waals surface area contributed by atoms with Crippen LogP contribution in [0.5, 0.6) is 0 Å². The van der Waals surface area contributed by atoms with Gasteiger partial charge in [0.25, 0.3) is 5.91 Å². The van der Waals surface area contributed by atoms with Gasteiger partial charge in [-0.2, -0.15) is 5.10 Å². The Kier molecular flexibility index (Phi) is 7.68. The third-order valence-corrected chi connectivity index (χ3v) is 7.48. The van der Waals surface area contributed by atoms with E-state index in [1.165, 1.54) is 12.1 Å². The van der Waals surface area contributed by atoms with Crippen LogP contribution in [0.1, 0.15) is 49.0 Å². The number of aromatic nitrogens is 3. The van der Waals surface area contributed by atoms with Crippen LogP contribution in [0.15, 0.2) is 43.0 Å². The fourth-order valence-corrected chi connectivity index (χ4v) is 4.94. The lowest BCUT2D eigenvalue weighted by molar-refractivity contribution is -0.0200. The van der Waals surface area contributed by atoms with Crippen molar-refractivity contribution in [3.8, 4) is 16.8 Å². The first-order chi connectivity index (χ1) is 18.6. The number of nitrogens with one attached hydrogen (secondary N) is 2. The van der Waals surface area contributed by atoms with Crippen LogP contribution in [0, 0.1) is 12.7 Å². The molecule has 1 amide bonds. The third-order valence-electron chi connectivity index (χ3n) is 7.48. The molecule has 2 atom stereocenters. The number of methoxy groups -OCH3 is 1. The number of anilines is 1. The molecule has 1 aliphatic carbocycles. The van der Waals surface area contributed by atoms with Gasteiger partial charge in [0, 0.05) is 62.5 Å². The summed E-state index contributed by atoms with van der Waals surface area (Å²) in [5, 5.41) is 10.6. The number of pyridine rings is 1. The molecule has 1 aromatic carbocycles. The molecule has 0 bridgehead atoms. The quantitative estimate of drug-likeness (QED) is 0.417. The molecule has 0 spiro atoms. The zero-order valence-corrected chi connectivity index (χ0v) is 22.9. The van der Waals surface area contributed by atoms with Crippen LogP contribution in [0.4, 0.5) is 14.5 Å². The summed E-state index contributed by atoms with van der Waals surface area (Å²) in [6.07, 6.45) is 8.42. The van der Waals surface area contributed by atoms with E-state index in [9.17, 15) is 9.18 Å². The first kappa shape index (κ1) is 27.2. The summed E-state index contributed by atoms with van der Waals surface area (Å²) in [6.45, 7) is 7.60. The number of hydrogen-bond donors (Lipinski definition) is 2. The molecule has 3 aromatic rings. The molecule has 2 N–H and O–H groups in total. The maximum atomic E-state index is 15.1. The zero-order chi connectivity index (χ0) is 27.7. The lowest BCUT2D eigenvalue weighted by Crippen LogP contribution is -2.51. The van der Waals surface area contributed by atoms with Crippen molar-refractivity contribution in [3.05, 3.63) is 59.9 Å². The van der Waals surface area contributed by atoms with E-state index in [4.69, 9.17) is 4.74 Å². The number of rotatable bonds is 9. The minimum absolute atomic E-state index is 0.00465. The number of ether oxygens (including phenoxy) is 1. The summed E-state index contributed by atoms with van der Waals surface area (Å²) in [7, 11) is 1.68. The van der Waals surface area contributed by atoms with Crippen LogP contribution in [-0.2, 0) is 4.74 Å². The predicted octanol–water partition coefficient (Wildman–Crippen LogP) is 4.52. The van der Waals surface area contributed by atoms with Gasteiger partial charge in [-0.25, -0.2) is 13.5 Å². The van der Waals surface area contributed by atoms with Crippen LogP contribution < -0.4 is 10.6 Å². The molecule has 1 saturated heterocycles. The topological polar surface area (TPSA) is 84.3 Å². The van der Waals surface area contributed by atoms with Crippen molar-refractivity contribution in [2.45, 2.75) is 63.9 Å². The first-order valence-electron chi connectivity index (χ1n) is 13.4. The Hall–Kier alpha value is -3.37. The highest BCUT2D eigenvalue weighted by atomic mass is 19.1. The van der Waals surface area contributed by atoms with Crippen molar-refractivity contribution in [2.24, 2.45) is 0 Å². The van der Waals surface area contributed by atoms with Gasteiger partial charge in [-0.1, -0.05) is 0 Å². The van der Waals surface area contributed by atoms with Gasteiger partial charge in [-0.05, 0) is 63.8 Å². The number of amides is 1. The molecule has 2 aliphatic rings. The van der Waals surface area contributed by atoms with Gasteiger partial charge in [0.2, 0.25) is 0 Å². The van der Waals surface area contributed by atoms with Crippen molar-refractivity contribution < 1.29 is 18.3 Å². The predicted molar refractivity (Wildman–Crippen MR) is 146 cm³/mol. The number of likely N-dealkylation sites (tertiary alicyclic amines) is 1. The number of carbonyl (C=O) groups is 1. The smallest absolute Gasteiger partial charge is 0.254 e. The number of carbonyl (C=O) groups excluding carboxylic acids is 1. The van der Waals surface area contributed by atoms with E-state index in [2.05, 4.69) is 25.6 Å². The zero-order valence-electron chi connectivity index (χ0n) is 22.9. The summed E-state index contributed by atoms with van der Waals surface area (Å²) in [5.41, 5.74) is 3.31. The minimum Gasteiger partial charge on any atom is -0.378 e. The molecule has 2 aromatic heterocycles. The van der Waals surface area contributed by atoms with Gasteiger partial charge in [0.05, 0.1) is 34.8 Å². The number of benzene rings is 1. The van der Waals surface area contributed by atoms with Crippen LogP contribution >= 0.6 is 0 Å². The fraction of sp³-hybridized carbons (Fsp3) is 0.483. The van der Waals surface area contributed by atoms with Crippen molar-refractivity contribution in [1.82, 2.24) is 25.0 Å². The van der Waals surface area contributed by atoms with Crippen LogP contribution in [-0.4, -0.2) is 76.2 Å². The number of nitrogens with zero attached hydrogens (tertiary/aromatic N) is 4. The highest BCUT2D eigenvalue weighted by molar-refractivity contribution is 5.95. The standard InChI is InChI=1S/C29H36F2N6O2/c1-18-9-24(30)23(28(38)35-21-5-6-21)11-27(18)37-15-20(13-33-37)19-10-22(14-32-12-19)34-26-7-8-36(16-25(26)31)17-29(2,3)39-4/h9-15,21,25-26,34H,5-8,16-17H2,1-4H3,(H,35,38)/t25-,26?/m1/s1. The summed E-state index contributed by atoms with van der Waals surface area (Å²) in [5.74, 6) is -0.963. The van der Waals surface area contributed by atoms with Gasteiger partial charge in [-0.15, -0.1) is 0 Å². The van der Waals surface area contributed by atoms with E-state index in [0.717, 1.165) is 36.2 Å². The van der Waals surface area contributed by atoms with Crippen molar-refractivity contribution in [2.75, 3.05) is 32.1 Å². The molecule has 1 aliphatic heterocycles. The summed E-state index contributed by atoms with van der Waals surface area (Å²) >= 11 is 0. The Labute approximate surface area is 227 Å². The number of halogens is 2. The molecule has 1 unspecified atom stereocenters. The van der Waals surface area contributed by atoms with E-state index in [1.807, 2.05) is 26.1 Å². The maximum Gasteiger partial charge on any atom is 0.254 e. The molecule has 2 fully saturated rings. The van der Waals surface area contributed by atoms with Gasteiger partial charge < -0.3 is 15.4 Å². The highest BCUT2D eigenvalue weighted by Gasteiger charge is 2.32. The van der Waals surface area contributed by atoms with Crippen molar-refractivity contribution in [3.63, 3.8) is 0 Å². The number of alkyl halides is 1. The Morgan fingerprint density at radius 2 is 1.95 bits per heavy atom. The molecule has 5 rings (SSSR count). The second-order valence-corrected chi connectivity index (χ2v) is 11.3. The van der Waals surface area contributed by atoms with E-state index in [0.29, 0.717) is 30.8 Å². The van der Waals surface area contributed by atoms with E-state index < -0.39 is 17.9 Å². The number of aryl methyl sites for hydroxylation is 1. The average molecular weight is 539 g/mol. The van der Waals surface area contributed by atoms with Crippen LogP contribution in [0.3, 0.4) is 0 Å². The summed E-state index contributed by atoms with van der Waals surface area (Å²) in [4.78, 5) is 19.0.